The summed E-state index contributed by atoms with van der Waals surface area (Å²) in [6, 6.07) is 3.81. The lowest BCUT2D eigenvalue weighted by atomic mass is 9.97. The zero-order chi connectivity index (χ0) is 15.8. The minimum absolute atomic E-state index is 0.0924. The first kappa shape index (κ1) is 16.7. The number of nitrogens with one attached hydrogen (secondary N) is 1. The molecule has 0 spiro atoms. The number of nitrogens with zero attached hydrogens (tertiary/aromatic N) is 2. The Labute approximate surface area is 133 Å². The van der Waals surface area contributed by atoms with Gasteiger partial charge in [0.25, 0.3) is 0 Å². The molecule has 1 unspecified atom stereocenters. The quantitative estimate of drug-likeness (QED) is 0.821. The lowest BCUT2D eigenvalue weighted by Crippen LogP contribution is -2.41. The van der Waals surface area contributed by atoms with Crippen LogP contribution in [-0.4, -0.2) is 42.0 Å². The van der Waals surface area contributed by atoms with Crippen molar-refractivity contribution < 1.29 is 4.79 Å². The van der Waals surface area contributed by atoms with E-state index in [0.717, 1.165) is 25.2 Å². The second-order valence-electron chi connectivity index (χ2n) is 6.22. The monoisotopic (exact) mass is 301 g/mol. The van der Waals surface area contributed by atoms with Gasteiger partial charge in [0, 0.05) is 32.0 Å². The third kappa shape index (κ3) is 5.60. The maximum Gasteiger partial charge on any atom is 0.224 e. The van der Waals surface area contributed by atoms with Crippen LogP contribution in [0.4, 0.5) is 0 Å². The second kappa shape index (κ2) is 8.69. The highest BCUT2D eigenvalue weighted by Crippen LogP contribution is 2.16. The van der Waals surface area contributed by atoms with Gasteiger partial charge in [-0.15, -0.1) is 0 Å². The van der Waals surface area contributed by atoms with Crippen LogP contribution >= 0.6 is 0 Å². The standard InChI is InChI=1S/C18H27N3O/c1-3-15(2)13-21-9-5-7-17(14-21)12-20-18(22)10-16-6-4-8-19-11-16/h3-4,6,8,11,17H,5,7,9-10,12-14H2,1-2H3,(H,20,22). The highest BCUT2D eigenvalue weighted by atomic mass is 16.1. The van der Waals surface area contributed by atoms with Gasteiger partial charge in [0.1, 0.15) is 0 Å². The van der Waals surface area contributed by atoms with Crippen molar-refractivity contribution in [2.24, 2.45) is 5.92 Å². The fourth-order valence-corrected chi connectivity index (χ4v) is 2.91. The van der Waals surface area contributed by atoms with E-state index in [1.54, 1.807) is 12.4 Å². The summed E-state index contributed by atoms with van der Waals surface area (Å²) < 4.78 is 0. The number of amides is 1. The number of carbonyl (C=O) groups is 1. The lowest BCUT2D eigenvalue weighted by Gasteiger charge is -2.33. The average Bonchev–Trinajstić information content (AvgIpc) is 2.54. The van der Waals surface area contributed by atoms with E-state index in [4.69, 9.17) is 0 Å². The Kier molecular flexibility index (Phi) is 6.59. The molecule has 2 heterocycles. The average molecular weight is 301 g/mol. The van der Waals surface area contributed by atoms with Crippen molar-refractivity contribution in [1.29, 1.82) is 0 Å². The van der Waals surface area contributed by atoms with E-state index in [0.29, 0.717) is 12.3 Å². The van der Waals surface area contributed by atoms with Crippen LogP contribution in [0.5, 0.6) is 0 Å². The molecule has 1 aromatic heterocycles. The first-order valence-electron chi connectivity index (χ1n) is 8.17. The molecule has 1 saturated heterocycles. The van der Waals surface area contributed by atoms with E-state index in [1.807, 2.05) is 12.1 Å². The number of likely N-dealkylation sites (tertiary alicyclic amines) is 1. The van der Waals surface area contributed by atoms with E-state index in [2.05, 4.69) is 35.1 Å². The maximum atomic E-state index is 12.0. The molecule has 0 aromatic carbocycles. The van der Waals surface area contributed by atoms with Crippen LogP contribution in [0.2, 0.25) is 0 Å². The van der Waals surface area contributed by atoms with Crippen molar-refractivity contribution in [2.75, 3.05) is 26.2 Å². The number of hydrogen-bond donors (Lipinski definition) is 1. The van der Waals surface area contributed by atoms with Crippen LogP contribution in [0.3, 0.4) is 0 Å². The Morgan fingerprint density at radius 1 is 1.55 bits per heavy atom. The third-order valence-corrected chi connectivity index (χ3v) is 4.24. The number of piperidine rings is 1. The van der Waals surface area contributed by atoms with Crippen molar-refractivity contribution in [3.63, 3.8) is 0 Å². The molecule has 0 bridgehead atoms. The summed E-state index contributed by atoms with van der Waals surface area (Å²) in [6.45, 7) is 8.36. The van der Waals surface area contributed by atoms with Gasteiger partial charge in [0.05, 0.1) is 6.42 Å². The predicted octanol–water partition coefficient (Wildman–Crippen LogP) is 2.42. The van der Waals surface area contributed by atoms with Gasteiger partial charge in [-0.25, -0.2) is 0 Å². The Balaban J connectivity index is 1.73. The molecule has 1 N–H and O–H groups in total. The molecule has 22 heavy (non-hydrogen) atoms. The topological polar surface area (TPSA) is 45.2 Å². The van der Waals surface area contributed by atoms with Gasteiger partial charge in [0.15, 0.2) is 0 Å². The summed E-state index contributed by atoms with van der Waals surface area (Å²) >= 11 is 0. The summed E-state index contributed by atoms with van der Waals surface area (Å²) in [4.78, 5) is 18.5. The zero-order valence-corrected chi connectivity index (χ0v) is 13.7. The molecule has 1 fully saturated rings. The van der Waals surface area contributed by atoms with Crippen LogP contribution < -0.4 is 5.32 Å². The van der Waals surface area contributed by atoms with E-state index in [-0.39, 0.29) is 5.91 Å². The highest BCUT2D eigenvalue weighted by molar-refractivity contribution is 5.78. The number of hydrogen-bond acceptors (Lipinski definition) is 3. The molecule has 1 atom stereocenters. The molecule has 0 saturated carbocycles. The molecule has 4 nitrogen and oxygen atoms in total. The van der Waals surface area contributed by atoms with Gasteiger partial charge < -0.3 is 5.32 Å². The molecule has 120 valence electrons. The maximum absolute atomic E-state index is 12.0. The lowest BCUT2D eigenvalue weighted by molar-refractivity contribution is -0.120. The summed E-state index contributed by atoms with van der Waals surface area (Å²) in [5.41, 5.74) is 2.38. The van der Waals surface area contributed by atoms with E-state index < -0.39 is 0 Å². The van der Waals surface area contributed by atoms with Gasteiger partial charge in [-0.3, -0.25) is 14.7 Å². The van der Waals surface area contributed by atoms with Gasteiger partial charge >= 0.3 is 0 Å². The van der Waals surface area contributed by atoms with Gasteiger partial charge in [-0.1, -0.05) is 17.7 Å². The largest absolute Gasteiger partial charge is 0.355 e. The minimum Gasteiger partial charge on any atom is -0.355 e. The Morgan fingerprint density at radius 3 is 3.14 bits per heavy atom. The Morgan fingerprint density at radius 2 is 2.41 bits per heavy atom. The molecule has 4 heteroatoms. The summed E-state index contributed by atoms with van der Waals surface area (Å²) in [5.74, 6) is 0.658. The van der Waals surface area contributed by atoms with Crippen LogP contribution in [0.15, 0.2) is 36.2 Å². The van der Waals surface area contributed by atoms with Crippen molar-refractivity contribution in [2.45, 2.75) is 33.1 Å². The van der Waals surface area contributed by atoms with Crippen LogP contribution in [0.25, 0.3) is 0 Å². The molecular weight excluding hydrogens is 274 g/mol. The summed E-state index contributed by atoms with van der Waals surface area (Å²) in [5, 5.41) is 3.08. The molecular formula is C18H27N3O. The molecule has 1 aliphatic heterocycles. The highest BCUT2D eigenvalue weighted by Gasteiger charge is 2.20. The van der Waals surface area contributed by atoms with Crippen LogP contribution in [0, 0.1) is 5.92 Å². The predicted molar refractivity (Wildman–Crippen MR) is 89.5 cm³/mol. The van der Waals surface area contributed by atoms with E-state index in [1.165, 1.54) is 25.0 Å². The van der Waals surface area contributed by atoms with Crippen LogP contribution in [0.1, 0.15) is 32.3 Å². The molecule has 0 aliphatic carbocycles. The number of allylic oxidation sites excluding steroid dienone is 1. The summed E-state index contributed by atoms with van der Waals surface area (Å²) in [7, 11) is 0. The fourth-order valence-electron chi connectivity index (χ4n) is 2.91. The van der Waals surface area contributed by atoms with Gasteiger partial charge in [-0.05, 0) is 50.8 Å². The minimum atomic E-state index is 0.0924. The number of carbonyl (C=O) groups excluding carboxylic acids is 1. The van der Waals surface area contributed by atoms with E-state index >= 15 is 0 Å². The molecule has 2 rings (SSSR count). The van der Waals surface area contributed by atoms with E-state index in [9.17, 15) is 4.79 Å². The van der Waals surface area contributed by atoms with Gasteiger partial charge in [0.2, 0.25) is 5.91 Å². The normalized spacial score (nSPS) is 19.9. The van der Waals surface area contributed by atoms with Crippen molar-refractivity contribution in [1.82, 2.24) is 15.2 Å². The van der Waals surface area contributed by atoms with Crippen molar-refractivity contribution in [3.05, 3.63) is 41.7 Å². The number of pyridine rings is 1. The Bertz CT molecular complexity index is 498. The molecule has 1 aliphatic rings. The van der Waals surface area contributed by atoms with Gasteiger partial charge in [-0.2, -0.15) is 0 Å². The SMILES string of the molecule is CC=C(C)CN1CCCC(CNC(=O)Cc2cccnc2)C1. The first-order valence-corrected chi connectivity index (χ1v) is 8.17. The molecule has 0 radical (unpaired) electrons. The number of aromatic nitrogens is 1. The second-order valence-corrected chi connectivity index (χ2v) is 6.22. The third-order valence-electron chi connectivity index (χ3n) is 4.24. The van der Waals surface area contributed by atoms with Crippen LogP contribution in [-0.2, 0) is 11.2 Å². The first-order chi connectivity index (χ1) is 10.7. The smallest absolute Gasteiger partial charge is 0.224 e. The fraction of sp³-hybridized carbons (Fsp3) is 0.556. The number of rotatable bonds is 6. The molecule has 1 amide bonds. The van der Waals surface area contributed by atoms with Crippen molar-refractivity contribution in [3.8, 4) is 0 Å². The van der Waals surface area contributed by atoms with Crippen molar-refractivity contribution >= 4 is 5.91 Å². The Hall–Kier alpha value is -1.68. The zero-order valence-electron chi connectivity index (χ0n) is 13.7. The molecule has 1 aromatic rings. The summed E-state index contributed by atoms with van der Waals surface area (Å²) in [6.07, 6.45) is 8.51.